The Labute approximate surface area is 151 Å². The Morgan fingerprint density at radius 1 is 1.08 bits per heavy atom. The maximum atomic E-state index is 12.0. The van der Waals surface area contributed by atoms with Crippen molar-refractivity contribution in [3.05, 3.63) is 46.7 Å². The molecule has 132 valence electrons. The second kappa shape index (κ2) is 8.13. The molecule has 1 saturated heterocycles. The fourth-order valence-electron chi connectivity index (χ4n) is 2.68. The van der Waals surface area contributed by atoms with Gasteiger partial charge in [-0.25, -0.2) is 0 Å². The number of nitrogens with zero attached hydrogens (tertiary/aromatic N) is 2. The van der Waals surface area contributed by atoms with Crippen molar-refractivity contribution in [2.45, 2.75) is 0 Å². The first-order valence-corrected chi connectivity index (χ1v) is 9.15. The Hall–Kier alpha value is -2.38. The first kappa shape index (κ1) is 17.4. The van der Waals surface area contributed by atoms with Gasteiger partial charge in [-0.2, -0.15) is 0 Å². The van der Waals surface area contributed by atoms with Gasteiger partial charge in [0.1, 0.15) is 0 Å². The summed E-state index contributed by atoms with van der Waals surface area (Å²) in [4.78, 5) is 29.0. The van der Waals surface area contributed by atoms with Crippen molar-refractivity contribution >= 4 is 34.5 Å². The third kappa shape index (κ3) is 4.80. The van der Waals surface area contributed by atoms with E-state index in [0.717, 1.165) is 37.6 Å². The highest BCUT2D eigenvalue weighted by atomic mass is 32.1. The second-order valence-corrected chi connectivity index (χ2v) is 6.99. The van der Waals surface area contributed by atoms with E-state index in [4.69, 9.17) is 0 Å². The highest BCUT2D eigenvalue weighted by Crippen LogP contribution is 2.19. The monoisotopic (exact) mass is 358 g/mol. The van der Waals surface area contributed by atoms with Crippen LogP contribution in [0.25, 0.3) is 0 Å². The predicted octanol–water partition coefficient (Wildman–Crippen LogP) is 1.87. The molecule has 0 radical (unpaired) electrons. The lowest BCUT2D eigenvalue weighted by Crippen LogP contribution is -2.44. The molecule has 0 aliphatic carbocycles. The number of hydrogen-bond donors (Lipinski definition) is 2. The Morgan fingerprint density at radius 2 is 1.80 bits per heavy atom. The Bertz CT molecular complexity index is 707. The first-order valence-electron chi connectivity index (χ1n) is 8.27. The van der Waals surface area contributed by atoms with Gasteiger partial charge in [0.25, 0.3) is 5.91 Å². The van der Waals surface area contributed by atoms with Crippen LogP contribution in [0.2, 0.25) is 0 Å². The molecular weight excluding hydrogens is 336 g/mol. The van der Waals surface area contributed by atoms with Gasteiger partial charge in [-0.05, 0) is 42.8 Å². The summed E-state index contributed by atoms with van der Waals surface area (Å²) in [5, 5.41) is 7.25. The summed E-state index contributed by atoms with van der Waals surface area (Å²) in [6, 6.07) is 11.4. The number of likely N-dealkylation sites (N-methyl/N-ethyl adjacent to an activating group) is 1. The van der Waals surface area contributed by atoms with Gasteiger partial charge in [-0.3, -0.25) is 9.59 Å². The maximum Gasteiger partial charge on any atom is 0.261 e. The number of thiophene rings is 1. The Balaban J connectivity index is 1.47. The molecule has 2 N–H and O–H groups in total. The van der Waals surface area contributed by atoms with Crippen LogP contribution in [0.5, 0.6) is 0 Å². The molecule has 2 amide bonds. The summed E-state index contributed by atoms with van der Waals surface area (Å²) in [5.41, 5.74) is 1.89. The molecule has 1 aliphatic rings. The summed E-state index contributed by atoms with van der Waals surface area (Å²) in [6.45, 7) is 4.09. The van der Waals surface area contributed by atoms with Gasteiger partial charge in [0, 0.05) is 37.6 Å². The van der Waals surface area contributed by atoms with E-state index in [2.05, 4.69) is 27.5 Å². The molecule has 1 aromatic carbocycles. The molecule has 0 atom stereocenters. The van der Waals surface area contributed by atoms with Crippen LogP contribution < -0.4 is 15.5 Å². The van der Waals surface area contributed by atoms with Crippen LogP contribution in [0.3, 0.4) is 0 Å². The number of hydrogen-bond acceptors (Lipinski definition) is 5. The largest absolute Gasteiger partial charge is 0.369 e. The summed E-state index contributed by atoms with van der Waals surface area (Å²) in [7, 11) is 2.13. The van der Waals surface area contributed by atoms with Crippen LogP contribution in [0.1, 0.15) is 9.67 Å². The number of carbonyl (C=O) groups is 2. The predicted molar refractivity (Wildman–Crippen MR) is 101 cm³/mol. The number of rotatable bonds is 5. The number of anilines is 2. The Kier molecular flexibility index (Phi) is 5.67. The van der Waals surface area contributed by atoms with Gasteiger partial charge >= 0.3 is 0 Å². The van der Waals surface area contributed by atoms with Crippen molar-refractivity contribution in [1.82, 2.24) is 10.2 Å². The summed E-state index contributed by atoms with van der Waals surface area (Å²) in [6.07, 6.45) is 0. The van der Waals surface area contributed by atoms with E-state index in [-0.39, 0.29) is 18.4 Å². The van der Waals surface area contributed by atoms with Crippen LogP contribution in [0.15, 0.2) is 41.8 Å². The number of nitrogens with one attached hydrogen (secondary N) is 2. The molecule has 1 fully saturated rings. The molecule has 7 heteroatoms. The minimum Gasteiger partial charge on any atom is -0.369 e. The van der Waals surface area contributed by atoms with Crippen LogP contribution in [0, 0.1) is 0 Å². The quantitative estimate of drug-likeness (QED) is 0.856. The molecule has 2 aromatic rings. The van der Waals surface area contributed by atoms with E-state index >= 15 is 0 Å². The smallest absolute Gasteiger partial charge is 0.261 e. The minimum absolute atomic E-state index is 0.0447. The van der Waals surface area contributed by atoms with Crippen molar-refractivity contribution in [2.75, 3.05) is 50.0 Å². The number of carbonyl (C=O) groups excluding carboxylic acids is 2. The lowest BCUT2D eigenvalue weighted by molar-refractivity contribution is -0.115. The molecule has 6 nitrogen and oxygen atoms in total. The van der Waals surface area contributed by atoms with Crippen molar-refractivity contribution in [3.8, 4) is 0 Å². The van der Waals surface area contributed by atoms with Crippen LogP contribution in [-0.4, -0.2) is 56.5 Å². The maximum absolute atomic E-state index is 12.0. The third-order valence-electron chi connectivity index (χ3n) is 4.17. The standard InChI is InChI=1S/C18H22N4O2S/c1-21-8-10-22(11-9-21)15-6-4-14(5-7-15)20-17(23)13-19-18(24)16-3-2-12-25-16/h2-7,12H,8-11,13H2,1H3,(H,19,24)(H,20,23). The molecule has 1 aliphatic heterocycles. The average molecular weight is 358 g/mol. The van der Waals surface area contributed by atoms with E-state index in [9.17, 15) is 9.59 Å². The zero-order chi connectivity index (χ0) is 17.6. The molecule has 0 saturated carbocycles. The average Bonchev–Trinajstić information content (AvgIpc) is 3.16. The highest BCUT2D eigenvalue weighted by molar-refractivity contribution is 7.12. The molecule has 0 spiro atoms. The van der Waals surface area contributed by atoms with Gasteiger partial charge in [0.05, 0.1) is 11.4 Å². The lowest BCUT2D eigenvalue weighted by Gasteiger charge is -2.34. The van der Waals surface area contributed by atoms with E-state index in [1.807, 2.05) is 35.7 Å². The van der Waals surface area contributed by atoms with Crippen LogP contribution in [0.4, 0.5) is 11.4 Å². The molecule has 1 aromatic heterocycles. The van der Waals surface area contributed by atoms with Crippen molar-refractivity contribution < 1.29 is 9.59 Å². The molecule has 0 bridgehead atoms. The SMILES string of the molecule is CN1CCN(c2ccc(NC(=O)CNC(=O)c3cccs3)cc2)CC1. The normalized spacial score (nSPS) is 15.0. The minimum atomic E-state index is -0.239. The second-order valence-electron chi connectivity index (χ2n) is 6.05. The summed E-state index contributed by atoms with van der Waals surface area (Å²) in [5.74, 6) is -0.465. The van der Waals surface area contributed by atoms with E-state index in [1.165, 1.54) is 11.3 Å². The van der Waals surface area contributed by atoms with Gasteiger partial charge in [-0.1, -0.05) is 6.07 Å². The fourth-order valence-corrected chi connectivity index (χ4v) is 3.32. The van der Waals surface area contributed by atoms with Gasteiger partial charge in [0.2, 0.25) is 5.91 Å². The fraction of sp³-hybridized carbons (Fsp3) is 0.333. The molecule has 0 unspecified atom stereocenters. The lowest BCUT2D eigenvalue weighted by atomic mass is 10.2. The zero-order valence-electron chi connectivity index (χ0n) is 14.2. The van der Waals surface area contributed by atoms with Crippen molar-refractivity contribution in [2.24, 2.45) is 0 Å². The number of benzene rings is 1. The number of amides is 2. The van der Waals surface area contributed by atoms with Gasteiger partial charge in [0.15, 0.2) is 0 Å². The number of piperazine rings is 1. The highest BCUT2D eigenvalue weighted by Gasteiger charge is 2.14. The third-order valence-corrected chi connectivity index (χ3v) is 5.04. The molecular formula is C18H22N4O2S. The topological polar surface area (TPSA) is 64.7 Å². The van der Waals surface area contributed by atoms with Crippen molar-refractivity contribution in [1.29, 1.82) is 0 Å². The van der Waals surface area contributed by atoms with Gasteiger partial charge < -0.3 is 20.4 Å². The van der Waals surface area contributed by atoms with E-state index in [1.54, 1.807) is 6.07 Å². The molecule has 25 heavy (non-hydrogen) atoms. The van der Waals surface area contributed by atoms with Crippen LogP contribution >= 0.6 is 11.3 Å². The van der Waals surface area contributed by atoms with Crippen molar-refractivity contribution in [3.63, 3.8) is 0 Å². The van der Waals surface area contributed by atoms with Crippen LogP contribution in [-0.2, 0) is 4.79 Å². The Morgan fingerprint density at radius 3 is 2.44 bits per heavy atom. The van der Waals surface area contributed by atoms with E-state index in [0.29, 0.717) is 4.88 Å². The summed E-state index contributed by atoms with van der Waals surface area (Å²) < 4.78 is 0. The zero-order valence-corrected chi connectivity index (χ0v) is 15.0. The summed E-state index contributed by atoms with van der Waals surface area (Å²) >= 11 is 1.35. The molecule has 2 heterocycles. The van der Waals surface area contributed by atoms with E-state index < -0.39 is 0 Å². The molecule has 3 rings (SSSR count). The van der Waals surface area contributed by atoms with Gasteiger partial charge in [-0.15, -0.1) is 11.3 Å². The first-order chi connectivity index (χ1) is 12.1.